The van der Waals surface area contributed by atoms with Crippen LogP contribution in [0.3, 0.4) is 0 Å². The number of nitrogens with two attached hydrogens (primary N) is 1. The van der Waals surface area contributed by atoms with Crippen LogP contribution in [0.5, 0.6) is 0 Å². The summed E-state index contributed by atoms with van der Waals surface area (Å²) in [6, 6.07) is 13.1. The van der Waals surface area contributed by atoms with Crippen molar-refractivity contribution in [3.05, 3.63) is 63.1 Å². The smallest absolute Gasteiger partial charge is 0.0595 e. The third-order valence-electron chi connectivity index (χ3n) is 2.60. The van der Waals surface area contributed by atoms with E-state index in [1.54, 1.807) is 17.8 Å². The zero-order valence-corrected chi connectivity index (χ0v) is 13.0. The van der Waals surface area contributed by atoms with Crippen LogP contribution in [-0.2, 0) is 0 Å². The molecule has 0 fully saturated rings. The van der Waals surface area contributed by atoms with Crippen LogP contribution in [0.15, 0.2) is 47.4 Å². The number of thioether (sulfide) groups is 1. The van der Waals surface area contributed by atoms with E-state index in [1.165, 1.54) is 0 Å². The molecular formula is C14H12Cl3NS. The highest BCUT2D eigenvalue weighted by Crippen LogP contribution is 2.29. The molecule has 0 amide bonds. The molecule has 0 radical (unpaired) electrons. The Morgan fingerprint density at radius 2 is 1.79 bits per heavy atom. The number of halogens is 3. The molecule has 2 aromatic rings. The van der Waals surface area contributed by atoms with Gasteiger partial charge in [0.05, 0.1) is 10.0 Å². The van der Waals surface area contributed by atoms with Crippen molar-refractivity contribution in [3.8, 4) is 0 Å². The van der Waals surface area contributed by atoms with Gasteiger partial charge in [0.1, 0.15) is 0 Å². The molecule has 0 heterocycles. The zero-order chi connectivity index (χ0) is 13.8. The lowest BCUT2D eigenvalue weighted by Gasteiger charge is -2.12. The summed E-state index contributed by atoms with van der Waals surface area (Å²) in [7, 11) is 0. The number of hydrogen-bond acceptors (Lipinski definition) is 2. The first-order chi connectivity index (χ1) is 9.06. The molecule has 0 aliphatic rings. The maximum absolute atomic E-state index is 6.14. The number of benzene rings is 2. The van der Waals surface area contributed by atoms with E-state index in [4.69, 9.17) is 40.5 Å². The molecule has 1 unspecified atom stereocenters. The first-order valence-corrected chi connectivity index (χ1v) is 7.77. The van der Waals surface area contributed by atoms with E-state index in [0.717, 1.165) is 21.2 Å². The molecule has 100 valence electrons. The largest absolute Gasteiger partial charge is 0.323 e. The van der Waals surface area contributed by atoms with Gasteiger partial charge in [0.2, 0.25) is 0 Å². The predicted octanol–water partition coefficient (Wildman–Crippen LogP) is 5.44. The predicted molar refractivity (Wildman–Crippen MR) is 85.6 cm³/mol. The molecule has 1 nitrogen and oxygen atoms in total. The van der Waals surface area contributed by atoms with Crippen LogP contribution in [0.25, 0.3) is 0 Å². The van der Waals surface area contributed by atoms with E-state index < -0.39 is 0 Å². The summed E-state index contributed by atoms with van der Waals surface area (Å²) in [6.45, 7) is 0. The SMILES string of the molecule is NC(CSc1cccc(Cl)c1)c1ccc(Cl)c(Cl)c1. The van der Waals surface area contributed by atoms with Gasteiger partial charge in [-0.1, -0.05) is 46.9 Å². The molecule has 1 atom stereocenters. The molecule has 0 saturated heterocycles. The molecule has 0 aliphatic carbocycles. The second kappa shape index (κ2) is 6.87. The van der Waals surface area contributed by atoms with Gasteiger partial charge in [0.15, 0.2) is 0 Å². The molecule has 0 aliphatic heterocycles. The van der Waals surface area contributed by atoms with E-state index >= 15 is 0 Å². The third-order valence-corrected chi connectivity index (χ3v) is 4.68. The fourth-order valence-corrected chi connectivity index (χ4v) is 3.09. The van der Waals surface area contributed by atoms with Crippen molar-refractivity contribution >= 4 is 46.6 Å². The van der Waals surface area contributed by atoms with Gasteiger partial charge >= 0.3 is 0 Å². The summed E-state index contributed by atoms with van der Waals surface area (Å²) < 4.78 is 0. The van der Waals surface area contributed by atoms with Crippen LogP contribution in [0.2, 0.25) is 15.1 Å². The van der Waals surface area contributed by atoms with Gasteiger partial charge in [0, 0.05) is 21.7 Å². The maximum atomic E-state index is 6.14. The van der Waals surface area contributed by atoms with Gasteiger partial charge in [-0.05, 0) is 35.9 Å². The van der Waals surface area contributed by atoms with Gasteiger partial charge in [-0.2, -0.15) is 0 Å². The minimum Gasteiger partial charge on any atom is -0.323 e. The summed E-state index contributed by atoms with van der Waals surface area (Å²) in [5.74, 6) is 0.748. The molecule has 19 heavy (non-hydrogen) atoms. The van der Waals surface area contributed by atoms with E-state index in [2.05, 4.69) is 0 Å². The molecule has 0 saturated carbocycles. The van der Waals surface area contributed by atoms with Crippen LogP contribution >= 0.6 is 46.6 Å². The van der Waals surface area contributed by atoms with Crippen molar-refractivity contribution in [2.24, 2.45) is 5.73 Å². The summed E-state index contributed by atoms with van der Waals surface area (Å²) >= 11 is 19.5. The topological polar surface area (TPSA) is 26.0 Å². The molecule has 2 rings (SSSR count). The number of rotatable bonds is 4. The lowest BCUT2D eigenvalue weighted by Crippen LogP contribution is -2.12. The standard InChI is InChI=1S/C14H12Cl3NS/c15-10-2-1-3-11(7-10)19-8-14(18)9-4-5-12(16)13(17)6-9/h1-7,14H,8,18H2. The molecule has 2 aromatic carbocycles. The number of hydrogen-bond donors (Lipinski definition) is 1. The minimum atomic E-state index is -0.0984. The van der Waals surface area contributed by atoms with Crippen molar-refractivity contribution in [2.45, 2.75) is 10.9 Å². The van der Waals surface area contributed by atoms with Crippen molar-refractivity contribution in [3.63, 3.8) is 0 Å². The Hall–Kier alpha value is -0.380. The van der Waals surface area contributed by atoms with Gasteiger partial charge in [-0.3, -0.25) is 0 Å². The highest BCUT2D eigenvalue weighted by atomic mass is 35.5. The second-order valence-corrected chi connectivity index (χ2v) is 6.39. The first-order valence-electron chi connectivity index (χ1n) is 5.65. The fraction of sp³-hybridized carbons (Fsp3) is 0.143. The fourth-order valence-electron chi connectivity index (χ4n) is 1.58. The Labute approximate surface area is 132 Å². The highest BCUT2D eigenvalue weighted by Gasteiger charge is 2.09. The molecule has 5 heteroatoms. The van der Waals surface area contributed by atoms with Crippen LogP contribution < -0.4 is 5.73 Å². The van der Waals surface area contributed by atoms with Crippen molar-refractivity contribution in [2.75, 3.05) is 5.75 Å². The van der Waals surface area contributed by atoms with Gasteiger partial charge in [0.25, 0.3) is 0 Å². The first kappa shape index (κ1) is 15.0. The van der Waals surface area contributed by atoms with Crippen LogP contribution in [-0.4, -0.2) is 5.75 Å². The quantitative estimate of drug-likeness (QED) is 0.754. The third kappa shape index (κ3) is 4.30. The molecule has 0 bridgehead atoms. The average Bonchev–Trinajstić information content (AvgIpc) is 2.39. The molecular weight excluding hydrogens is 321 g/mol. The van der Waals surface area contributed by atoms with Crippen LogP contribution in [0.1, 0.15) is 11.6 Å². The molecule has 2 N–H and O–H groups in total. The van der Waals surface area contributed by atoms with Crippen LogP contribution in [0.4, 0.5) is 0 Å². The van der Waals surface area contributed by atoms with Gasteiger partial charge in [-0.15, -0.1) is 11.8 Å². The Bertz CT molecular complexity index is 574. The normalized spacial score (nSPS) is 12.4. The minimum absolute atomic E-state index is 0.0984. The summed E-state index contributed by atoms with van der Waals surface area (Å²) in [5, 5.41) is 1.80. The second-order valence-electron chi connectivity index (χ2n) is 4.05. The van der Waals surface area contributed by atoms with E-state index in [0.29, 0.717) is 10.0 Å². The van der Waals surface area contributed by atoms with E-state index in [9.17, 15) is 0 Å². The van der Waals surface area contributed by atoms with Crippen molar-refractivity contribution in [1.82, 2.24) is 0 Å². The van der Waals surface area contributed by atoms with E-state index in [1.807, 2.05) is 36.4 Å². The Morgan fingerprint density at radius 3 is 2.47 bits per heavy atom. The van der Waals surface area contributed by atoms with E-state index in [-0.39, 0.29) is 6.04 Å². The molecule has 0 spiro atoms. The summed E-state index contributed by atoms with van der Waals surface area (Å²) in [5.41, 5.74) is 7.12. The van der Waals surface area contributed by atoms with Gasteiger partial charge in [-0.25, -0.2) is 0 Å². The Kier molecular flexibility index (Phi) is 5.43. The van der Waals surface area contributed by atoms with Crippen molar-refractivity contribution < 1.29 is 0 Å². The Morgan fingerprint density at radius 1 is 1.00 bits per heavy atom. The summed E-state index contributed by atoms with van der Waals surface area (Å²) in [4.78, 5) is 1.10. The zero-order valence-electron chi connectivity index (χ0n) is 9.95. The average molecular weight is 333 g/mol. The summed E-state index contributed by atoms with van der Waals surface area (Å²) in [6.07, 6.45) is 0. The van der Waals surface area contributed by atoms with Crippen LogP contribution in [0, 0.1) is 0 Å². The van der Waals surface area contributed by atoms with Gasteiger partial charge < -0.3 is 5.73 Å². The molecule has 0 aromatic heterocycles. The lowest BCUT2D eigenvalue weighted by atomic mass is 10.1. The Balaban J connectivity index is 2.01. The van der Waals surface area contributed by atoms with Crippen molar-refractivity contribution in [1.29, 1.82) is 0 Å². The highest BCUT2D eigenvalue weighted by molar-refractivity contribution is 7.99. The lowest BCUT2D eigenvalue weighted by molar-refractivity contribution is 0.831. The monoisotopic (exact) mass is 331 g/mol. The maximum Gasteiger partial charge on any atom is 0.0595 e.